The van der Waals surface area contributed by atoms with Crippen LogP contribution in [-0.2, 0) is 16.4 Å². The molecule has 146 valence electrons. The average Bonchev–Trinajstić information content (AvgIpc) is 3.09. The molecule has 0 aliphatic carbocycles. The SMILES string of the molecule is CS(=O)(=O)c1ccc(OCc2csc(C3CCN(C(=O)O)CC3)n2)c(F)c1. The Kier molecular flexibility index (Phi) is 5.66. The van der Waals surface area contributed by atoms with Gasteiger partial charge in [-0.15, -0.1) is 11.3 Å². The molecule has 1 aliphatic rings. The maximum absolute atomic E-state index is 14.0. The molecule has 0 radical (unpaired) electrons. The highest BCUT2D eigenvalue weighted by molar-refractivity contribution is 7.90. The second-order valence-corrected chi connectivity index (χ2v) is 9.28. The highest BCUT2D eigenvalue weighted by Gasteiger charge is 2.25. The molecular formula is C17H19FN2O5S2. The zero-order valence-electron chi connectivity index (χ0n) is 14.6. The van der Waals surface area contributed by atoms with E-state index in [9.17, 15) is 17.6 Å². The van der Waals surface area contributed by atoms with Crippen LogP contribution in [0.1, 0.15) is 29.5 Å². The van der Waals surface area contributed by atoms with Crippen LogP contribution in [0.25, 0.3) is 0 Å². The molecular weight excluding hydrogens is 395 g/mol. The van der Waals surface area contributed by atoms with Crippen LogP contribution in [0.2, 0.25) is 0 Å². The van der Waals surface area contributed by atoms with E-state index in [0.29, 0.717) is 18.8 Å². The molecule has 0 bridgehead atoms. The van der Waals surface area contributed by atoms with Gasteiger partial charge in [-0.25, -0.2) is 22.6 Å². The number of nitrogens with zero attached hydrogens (tertiary/aromatic N) is 2. The van der Waals surface area contributed by atoms with E-state index in [4.69, 9.17) is 9.84 Å². The lowest BCUT2D eigenvalue weighted by molar-refractivity contribution is 0.132. The van der Waals surface area contributed by atoms with Gasteiger partial charge in [-0.3, -0.25) is 0 Å². The number of ether oxygens (including phenoxy) is 1. The molecule has 1 amide bonds. The number of carbonyl (C=O) groups is 1. The minimum atomic E-state index is -3.47. The number of hydrogen-bond acceptors (Lipinski definition) is 6. The molecule has 0 atom stereocenters. The zero-order valence-corrected chi connectivity index (χ0v) is 16.2. The molecule has 0 unspecified atom stereocenters. The van der Waals surface area contributed by atoms with Gasteiger partial charge in [0.25, 0.3) is 0 Å². The highest BCUT2D eigenvalue weighted by Crippen LogP contribution is 2.31. The number of halogens is 1. The van der Waals surface area contributed by atoms with Crippen molar-refractivity contribution in [1.29, 1.82) is 0 Å². The third-order valence-electron chi connectivity index (χ3n) is 4.39. The van der Waals surface area contributed by atoms with Crippen LogP contribution in [0.4, 0.5) is 9.18 Å². The molecule has 1 aliphatic heterocycles. The molecule has 0 spiro atoms. The van der Waals surface area contributed by atoms with Crippen molar-refractivity contribution in [3.8, 4) is 5.75 Å². The lowest BCUT2D eigenvalue weighted by Gasteiger charge is -2.28. The molecule has 0 saturated carbocycles. The Labute approximate surface area is 160 Å². The Bertz CT molecular complexity index is 937. The standard InChI is InChI=1S/C17H19FN2O5S2/c1-27(23,24)13-2-3-15(14(18)8-13)25-9-12-10-26-16(19-12)11-4-6-20(7-5-11)17(21)22/h2-3,8,10-11H,4-7,9H2,1H3,(H,21,22). The average molecular weight is 414 g/mol. The fourth-order valence-corrected chi connectivity index (χ4v) is 4.48. The fraction of sp³-hybridized carbons (Fsp3) is 0.412. The van der Waals surface area contributed by atoms with Crippen LogP contribution >= 0.6 is 11.3 Å². The van der Waals surface area contributed by atoms with Gasteiger partial charge in [0.2, 0.25) is 0 Å². The number of benzene rings is 1. The smallest absolute Gasteiger partial charge is 0.407 e. The third-order valence-corrected chi connectivity index (χ3v) is 6.56. The highest BCUT2D eigenvalue weighted by atomic mass is 32.2. The molecule has 3 rings (SSSR count). The number of hydrogen-bond donors (Lipinski definition) is 1. The number of rotatable bonds is 5. The summed E-state index contributed by atoms with van der Waals surface area (Å²) < 4.78 is 42.3. The summed E-state index contributed by atoms with van der Waals surface area (Å²) in [5, 5.41) is 11.8. The Morgan fingerprint density at radius 1 is 1.41 bits per heavy atom. The lowest BCUT2D eigenvalue weighted by Crippen LogP contribution is -2.36. The van der Waals surface area contributed by atoms with E-state index in [1.54, 1.807) is 0 Å². The Hall–Kier alpha value is -2.20. The molecule has 2 aromatic rings. The summed E-state index contributed by atoms with van der Waals surface area (Å²) in [7, 11) is -3.47. The Morgan fingerprint density at radius 2 is 2.11 bits per heavy atom. The maximum atomic E-state index is 14.0. The molecule has 1 N–H and O–H groups in total. The fourth-order valence-electron chi connectivity index (χ4n) is 2.88. The van der Waals surface area contributed by atoms with E-state index in [0.717, 1.165) is 30.2 Å². The number of piperidine rings is 1. The van der Waals surface area contributed by atoms with Gasteiger partial charge in [-0.1, -0.05) is 0 Å². The zero-order chi connectivity index (χ0) is 19.6. The molecule has 2 heterocycles. The first kappa shape index (κ1) is 19.6. The molecule has 7 nitrogen and oxygen atoms in total. The first-order valence-corrected chi connectivity index (χ1v) is 11.1. The number of carboxylic acid groups (broad SMARTS) is 1. The summed E-state index contributed by atoms with van der Waals surface area (Å²) in [6.45, 7) is 1.05. The van der Waals surface area contributed by atoms with Crippen LogP contribution in [0, 0.1) is 5.82 Å². The van der Waals surface area contributed by atoms with Crippen LogP contribution in [0.3, 0.4) is 0 Å². The van der Waals surface area contributed by atoms with Crippen LogP contribution in [0.5, 0.6) is 5.75 Å². The van der Waals surface area contributed by atoms with Gasteiger partial charge in [-0.2, -0.15) is 0 Å². The largest absolute Gasteiger partial charge is 0.484 e. The molecule has 1 aromatic heterocycles. The van der Waals surface area contributed by atoms with Crippen molar-refractivity contribution in [2.24, 2.45) is 0 Å². The summed E-state index contributed by atoms with van der Waals surface area (Å²) in [5.41, 5.74) is 0.655. The Balaban J connectivity index is 1.60. The van der Waals surface area contributed by atoms with Crippen molar-refractivity contribution < 1.29 is 27.4 Å². The topological polar surface area (TPSA) is 96.8 Å². The number of thiazole rings is 1. The van der Waals surface area contributed by atoms with Crippen molar-refractivity contribution in [3.05, 3.63) is 40.1 Å². The van der Waals surface area contributed by atoms with Gasteiger partial charge in [0, 0.05) is 30.6 Å². The molecule has 1 fully saturated rings. The summed E-state index contributed by atoms with van der Waals surface area (Å²) in [6.07, 6.45) is 1.56. The minimum Gasteiger partial charge on any atom is -0.484 e. The molecule has 1 saturated heterocycles. The van der Waals surface area contributed by atoms with Gasteiger partial charge in [-0.05, 0) is 31.0 Å². The first-order chi connectivity index (χ1) is 12.7. The normalized spacial score (nSPS) is 15.7. The van der Waals surface area contributed by atoms with E-state index < -0.39 is 21.7 Å². The van der Waals surface area contributed by atoms with Gasteiger partial charge in [0.15, 0.2) is 21.4 Å². The van der Waals surface area contributed by atoms with E-state index >= 15 is 0 Å². The maximum Gasteiger partial charge on any atom is 0.407 e. The second-order valence-electron chi connectivity index (χ2n) is 6.37. The number of sulfone groups is 1. The van der Waals surface area contributed by atoms with Crippen LogP contribution in [0.15, 0.2) is 28.5 Å². The third kappa shape index (κ3) is 4.75. The van der Waals surface area contributed by atoms with Gasteiger partial charge in [0.05, 0.1) is 15.6 Å². The monoisotopic (exact) mass is 414 g/mol. The van der Waals surface area contributed by atoms with Crippen LogP contribution < -0.4 is 4.74 Å². The van der Waals surface area contributed by atoms with Crippen molar-refractivity contribution >= 4 is 27.3 Å². The predicted octanol–water partition coefficient (Wildman–Crippen LogP) is 3.12. The quantitative estimate of drug-likeness (QED) is 0.807. The van der Waals surface area contributed by atoms with Crippen molar-refractivity contribution in [1.82, 2.24) is 9.88 Å². The molecule has 10 heteroatoms. The Morgan fingerprint density at radius 3 is 2.70 bits per heavy atom. The van der Waals surface area contributed by atoms with E-state index in [-0.39, 0.29) is 23.2 Å². The summed E-state index contributed by atoms with van der Waals surface area (Å²) in [5.74, 6) is -0.564. The van der Waals surface area contributed by atoms with Crippen molar-refractivity contribution in [2.75, 3.05) is 19.3 Å². The van der Waals surface area contributed by atoms with E-state index in [1.807, 2.05) is 5.38 Å². The van der Waals surface area contributed by atoms with E-state index in [2.05, 4.69) is 4.98 Å². The number of amides is 1. The summed E-state index contributed by atoms with van der Waals surface area (Å²) in [6, 6.07) is 3.53. The van der Waals surface area contributed by atoms with Gasteiger partial charge in [0.1, 0.15) is 6.61 Å². The number of aromatic nitrogens is 1. The van der Waals surface area contributed by atoms with Crippen molar-refractivity contribution in [2.45, 2.75) is 30.3 Å². The summed E-state index contributed by atoms with van der Waals surface area (Å²) in [4.78, 5) is 16.8. The van der Waals surface area contributed by atoms with E-state index in [1.165, 1.54) is 28.4 Å². The number of likely N-dealkylation sites (tertiary alicyclic amines) is 1. The second kappa shape index (κ2) is 7.81. The minimum absolute atomic E-state index is 0.0354. The molecule has 27 heavy (non-hydrogen) atoms. The summed E-state index contributed by atoms with van der Waals surface area (Å²) >= 11 is 1.48. The molecule has 1 aromatic carbocycles. The first-order valence-electron chi connectivity index (χ1n) is 8.28. The van der Waals surface area contributed by atoms with Gasteiger partial charge >= 0.3 is 6.09 Å². The lowest BCUT2D eigenvalue weighted by atomic mass is 9.98. The predicted molar refractivity (Wildman–Crippen MR) is 97.5 cm³/mol. The van der Waals surface area contributed by atoms with Crippen LogP contribution in [-0.4, -0.2) is 48.8 Å². The van der Waals surface area contributed by atoms with Crippen molar-refractivity contribution in [3.63, 3.8) is 0 Å². The van der Waals surface area contributed by atoms with Gasteiger partial charge < -0.3 is 14.7 Å².